The Hall–Kier alpha value is -1.52. The highest BCUT2D eigenvalue weighted by Gasteiger charge is 2.14. The van der Waals surface area contributed by atoms with E-state index in [1.807, 2.05) is 0 Å². The Balaban J connectivity index is 3.10. The highest BCUT2D eigenvalue weighted by Crippen LogP contribution is 2.31. The maximum atomic E-state index is 11.9. The molecule has 102 valence electrons. The lowest BCUT2D eigenvalue weighted by Crippen LogP contribution is -2.03. The van der Waals surface area contributed by atoms with Crippen LogP contribution in [0.4, 0.5) is 0 Å². The zero-order valence-corrected chi connectivity index (χ0v) is 11.9. The van der Waals surface area contributed by atoms with E-state index in [9.17, 15) is 9.59 Å². The van der Waals surface area contributed by atoms with Gasteiger partial charge in [-0.3, -0.25) is 4.79 Å². The first-order valence-corrected chi connectivity index (χ1v) is 6.17. The molecule has 0 spiro atoms. The lowest BCUT2D eigenvalue weighted by atomic mass is 10.1. The summed E-state index contributed by atoms with van der Waals surface area (Å²) in [6.07, 6.45) is 2.12. The van der Waals surface area contributed by atoms with Crippen molar-refractivity contribution in [1.29, 1.82) is 0 Å². The number of allylic oxidation sites excluding steroid dienone is 1. The first-order chi connectivity index (χ1) is 8.99. The summed E-state index contributed by atoms with van der Waals surface area (Å²) in [4.78, 5) is 22.9. The van der Waals surface area contributed by atoms with Gasteiger partial charge in [0.2, 0.25) is 0 Å². The van der Waals surface area contributed by atoms with Crippen molar-refractivity contribution in [3.8, 4) is 5.75 Å². The number of benzene rings is 1. The number of ketones is 1. The molecule has 0 aliphatic carbocycles. The summed E-state index contributed by atoms with van der Waals surface area (Å²) < 4.78 is 9.71. The van der Waals surface area contributed by atoms with Crippen LogP contribution in [0.2, 0.25) is 10.0 Å². The molecule has 1 aromatic carbocycles. The van der Waals surface area contributed by atoms with E-state index in [1.165, 1.54) is 19.2 Å². The van der Waals surface area contributed by atoms with Crippen LogP contribution in [0.1, 0.15) is 17.3 Å². The summed E-state index contributed by atoms with van der Waals surface area (Å²) in [6, 6.07) is 2.87. The summed E-state index contributed by atoms with van der Waals surface area (Å²) >= 11 is 11.7. The fourth-order valence-corrected chi connectivity index (χ4v) is 1.61. The van der Waals surface area contributed by atoms with Gasteiger partial charge in [-0.2, -0.15) is 0 Å². The molecule has 0 radical (unpaired) electrons. The molecule has 0 unspecified atom stereocenters. The van der Waals surface area contributed by atoms with Gasteiger partial charge in [-0.1, -0.05) is 23.2 Å². The Bertz CT molecular complexity index is 524. The van der Waals surface area contributed by atoms with Crippen molar-refractivity contribution >= 4 is 35.0 Å². The van der Waals surface area contributed by atoms with E-state index in [0.29, 0.717) is 17.4 Å². The number of methoxy groups -OCH3 is 1. The maximum absolute atomic E-state index is 11.9. The number of hydrogen-bond acceptors (Lipinski definition) is 4. The third-order valence-electron chi connectivity index (χ3n) is 2.16. The standard InChI is InChI=1S/C13H12Cl2O4/c1-3-19-12-7-10(15)9(14)6-8(12)11(16)4-5-13(17)18-2/h4-7H,3H2,1-2H3/b5-4+. The Morgan fingerprint density at radius 1 is 1.21 bits per heavy atom. The van der Waals surface area contributed by atoms with Crippen molar-refractivity contribution in [3.05, 3.63) is 39.9 Å². The minimum Gasteiger partial charge on any atom is -0.493 e. The quantitative estimate of drug-likeness (QED) is 0.476. The van der Waals surface area contributed by atoms with Crippen LogP contribution in [0.5, 0.6) is 5.75 Å². The number of hydrogen-bond donors (Lipinski definition) is 0. The van der Waals surface area contributed by atoms with Crippen molar-refractivity contribution in [2.75, 3.05) is 13.7 Å². The number of carbonyl (C=O) groups excluding carboxylic acids is 2. The van der Waals surface area contributed by atoms with Crippen LogP contribution in [0.25, 0.3) is 0 Å². The zero-order valence-electron chi connectivity index (χ0n) is 10.4. The van der Waals surface area contributed by atoms with E-state index < -0.39 is 11.8 Å². The van der Waals surface area contributed by atoms with Crippen molar-refractivity contribution in [2.45, 2.75) is 6.92 Å². The molecule has 1 aromatic rings. The van der Waals surface area contributed by atoms with E-state index >= 15 is 0 Å². The smallest absolute Gasteiger partial charge is 0.330 e. The minimum atomic E-state index is -0.619. The van der Waals surface area contributed by atoms with Crippen LogP contribution < -0.4 is 4.74 Å². The SMILES string of the molecule is CCOc1cc(Cl)c(Cl)cc1C(=O)/C=C/C(=O)OC. The van der Waals surface area contributed by atoms with Crippen LogP contribution in [0.3, 0.4) is 0 Å². The van der Waals surface area contributed by atoms with Crippen LogP contribution in [-0.2, 0) is 9.53 Å². The summed E-state index contributed by atoms with van der Waals surface area (Å²) in [5.41, 5.74) is 0.233. The van der Waals surface area contributed by atoms with Gasteiger partial charge < -0.3 is 9.47 Å². The van der Waals surface area contributed by atoms with E-state index in [-0.39, 0.29) is 10.6 Å². The van der Waals surface area contributed by atoms with Gasteiger partial charge in [-0.25, -0.2) is 4.79 Å². The van der Waals surface area contributed by atoms with Crippen LogP contribution in [-0.4, -0.2) is 25.5 Å². The fraction of sp³-hybridized carbons (Fsp3) is 0.231. The predicted molar refractivity (Wildman–Crippen MR) is 73.1 cm³/mol. The van der Waals surface area contributed by atoms with Gasteiger partial charge in [0.1, 0.15) is 5.75 Å². The van der Waals surface area contributed by atoms with E-state index in [2.05, 4.69) is 4.74 Å². The average Bonchev–Trinajstić information content (AvgIpc) is 2.39. The van der Waals surface area contributed by atoms with E-state index in [1.54, 1.807) is 6.92 Å². The maximum Gasteiger partial charge on any atom is 0.330 e. The molecule has 0 heterocycles. The molecule has 19 heavy (non-hydrogen) atoms. The predicted octanol–water partition coefficient (Wildman–Crippen LogP) is 3.30. The molecule has 0 saturated carbocycles. The second-order valence-corrected chi connectivity index (χ2v) is 4.23. The molecule has 0 aromatic heterocycles. The van der Waals surface area contributed by atoms with Crippen LogP contribution >= 0.6 is 23.2 Å². The molecular weight excluding hydrogens is 291 g/mol. The summed E-state index contributed by atoms with van der Waals surface area (Å²) in [5.74, 6) is -0.727. The highest BCUT2D eigenvalue weighted by atomic mass is 35.5. The van der Waals surface area contributed by atoms with Gasteiger partial charge in [0.15, 0.2) is 5.78 Å². The third kappa shape index (κ3) is 4.26. The molecule has 0 fully saturated rings. The van der Waals surface area contributed by atoms with Gasteiger partial charge in [-0.15, -0.1) is 0 Å². The normalized spacial score (nSPS) is 10.5. The summed E-state index contributed by atoms with van der Waals surface area (Å²) in [7, 11) is 1.22. The van der Waals surface area contributed by atoms with Crippen molar-refractivity contribution in [3.63, 3.8) is 0 Å². The molecule has 4 nitrogen and oxygen atoms in total. The molecule has 0 aliphatic heterocycles. The van der Waals surface area contributed by atoms with Gasteiger partial charge in [-0.05, 0) is 19.1 Å². The van der Waals surface area contributed by atoms with Crippen LogP contribution in [0, 0.1) is 0 Å². The molecule has 0 amide bonds. The topological polar surface area (TPSA) is 52.6 Å². The van der Waals surface area contributed by atoms with E-state index in [0.717, 1.165) is 12.2 Å². The monoisotopic (exact) mass is 302 g/mol. The van der Waals surface area contributed by atoms with Gasteiger partial charge in [0.25, 0.3) is 0 Å². The number of halogens is 2. The summed E-state index contributed by atoms with van der Waals surface area (Å²) in [6.45, 7) is 2.15. The first kappa shape index (κ1) is 15.5. The third-order valence-corrected chi connectivity index (χ3v) is 2.88. The lowest BCUT2D eigenvalue weighted by Gasteiger charge is -2.09. The lowest BCUT2D eigenvalue weighted by molar-refractivity contribution is -0.134. The fourth-order valence-electron chi connectivity index (χ4n) is 1.30. The molecule has 0 atom stereocenters. The van der Waals surface area contributed by atoms with E-state index in [4.69, 9.17) is 27.9 Å². The molecular formula is C13H12Cl2O4. The van der Waals surface area contributed by atoms with Crippen molar-refractivity contribution in [2.24, 2.45) is 0 Å². The minimum absolute atomic E-state index is 0.233. The first-order valence-electron chi connectivity index (χ1n) is 5.41. The second kappa shape index (κ2) is 7.16. The largest absolute Gasteiger partial charge is 0.493 e. The summed E-state index contributed by atoms with van der Waals surface area (Å²) in [5, 5.41) is 0.526. The number of esters is 1. The Kier molecular flexibility index (Phi) is 5.86. The number of rotatable bonds is 5. The molecule has 6 heteroatoms. The molecule has 0 saturated heterocycles. The number of carbonyl (C=O) groups is 2. The Morgan fingerprint density at radius 2 is 1.84 bits per heavy atom. The molecule has 0 aliphatic rings. The van der Waals surface area contributed by atoms with Gasteiger partial charge in [0.05, 0.1) is 29.3 Å². The molecule has 0 bridgehead atoms. The molecule has 0 N–H and O–H groups in total. The highest BCUT2D eigenvalue weighted by molar-refractivity contribution is 6.42. The zero-order chi connectivity index (χ0) is 14.4. The van der Waals surface area contributed by atoms with Crippen LogP contribution in [0.15, 0.2) is 24.3 Å². The van der Waals surface area contributed by atoms with Crippen molar-refractivity contribution in [1.82, 2.24) is 0 Å². The Morgan fingerprint density at radius 3 is 2.42 bits per heavy atom. The number of ether oxygens (including phenoxy) is 2. The van der Waals surface area contributed by atoms with Gasteiger partial charge >= 0.3 is 5.97 Å². The van der Waals surface area contributed by atoms with Gasteiger partial charge in [0, 0.05) is 12.1 Å². The van der Waals surface area contributed by atoms with Crippen molar-refractivity contribution < 1.29 is 19.1 Å². The Labute approximate surface area is 120 Å². The average molecular weight is 303 g/mol. The molecule has 1 rings (SSSR count). The second-order valence-electron chi connectivity index (χ2n) is 3.42.